The van der Waals surface area contributed by atoms with E-state index in [0.717, 1.165) is 19.6 Å². The molecule has 0 atom stereocenters. The van der Waals surface area contributed by atoms with Crippen LogP contribution in [0.15, 0.2) is 35.1 Å². The van der Waals surface area contributed by atoms with E-state index in [1.165, 1.54) is 5.56 Å². The summed E-state index contributed by atoms with van der Waals surface area (Å²) < 4.78 is 4.94. The first-order valence-corrected chi connectivity index (χ1v) is 7.31. The standard InChI is InChI=1S/C15H19N5O2/c1-12-9-14(18-22-12)17-15(21)20-7-5-19(6-8-20)11-13-3-2-4-16-10-13/h2-4,9-10H,5-8,11H2,1H3,(H,17,18,21). The fourth-order valence-corrected chi connectivity index (χ4v) is 2.47. The zero-order valence-electron chi connectivity index (χ0n) is 12.5. The molecule has 0 radical (unpaired) electrons. The number of nitrogens with zero attached hydrogens (tertiary/aromatic N) is 4. The Morgan fingerprint density at radius 2 is 2.18 bits per heavy atom. The molecule has 3 heterocycles. The Hall–Kier alpha value is -2.41. The lowest BCUT2D eigenvalue weighted by molar-refractivity contribution is 0.143. The third kappa shape index (κ3) is 3.62. The van der Waals surface area contributed by atoms with Crippen molar-refractivity contribution in [2.24, 2.45) is 0 Å². The summed E-state index contributed by atoms with van der Waals surface area (Å²) in [4.78, 5) is 20.4. The summed E-state index contributed by atoms with van der Waals surface area (Å²) in [6.45, 7) is 5.75. The third-order valence-corrected chi connectivity index (χ3v) is 3.65. The van der Waals surface area contributed by atoms with E-state index in [1.807, 2.05) is 12.3 Å². The van der Waals surface area contributed by atoms with Crippen molar-refractivity contribution >= 4 is 11.8 Å². The number of aryl methyl sites for hydroxylation is 1. The number of amides is 2. The lowest BCUT2D eigenvalue weighted by Gasteiger charge is -2.34. The molecule has 2 aromatic heterocycles. The maximum Gasteiger partial charge on any atom is 0.323 e. The van der Waals surface area contributed by atoms with E-state index in [4.69, 9.17) is 4.52 Å². The van der Waals surface area contributed by atoms with Gasteiger partial charge in [0, 0.05) is 51.2 Å². The van der Waals surface area contributed by atoms with Crippen LogP contribution in [0.25, 0.3) is 0 Å². The van der Waals surface area contributed by atoms with E-state index in [9.17, 15) is 4.79 Å². The first-order chi connectivity index (χ1) is 10.7. The Bertz CT molecular complexity index is 620. The molecule has 1 aliphatic heterocycles. The zero-order chi connectivity index (χ0) is 15.4. The Morgan fingerprint density at radius 3 is 2.82 bits per heavy atom. The fraction of sp³-hybridized carbons (Fsp3) is 0.400. The smallest absolute Gasteiger partial charge is 0.323 e. The van der Waals surface area contributed by atoms with Crippen LogP contribution in [0.1, 0.15) is 11.3 Å². The van der Waals surface area contributed by atoms with Crippen LogP contribution in [0.3, 0.4) is 0 Å². The van der Waals surface area contributed by atoms with Gasteiger partial charge in [-0.3, -0.25) is 15.2 Å². The molecule has 1 aliphatic rings. The molecule has 7 heteroatoms. The van der Waals surface area contributed by atoms with Crippen LogP contribution >= 0.6 is 0 Å². The van der Waals surface area contributed by atoms with Gasteiger partial charge in [0.05, 0.1) is 0 Å². The van der Waals surface area contributed by atoms with Crippen LogP contribution in [0.2, 0.25) is 0 Å². The number of carbonyl (C=O) groups is 1. The largest absolute Gasteiger partial charge is 0.360 e. The van der Waals surface area contributed by atoms with Gasteiger partial charge < -0.3 is 9.42 Å². The van der Waals surface area contributed by atoms with Crippen LogP contribution in [0.5, 0.6) is 0 Å². The summed E-state index contributed by atoms with van der Waals surface area (Å²) in [6, 6.07) is 5.59. The van der Waals surface area contributed by atoms with E-state index < -0.39 is 0 Å². The van der Waals surface area contributed by atoms with Crippen LogP contribution in [-0.4, -0.2) is 52.2 Å². The summed E-state index contributed by atoms with van der Waals surface area (Å²) in [6.07, 6.45) is 3.66. The third-order valence-electron chi connectivity index (χ3n) is 3.65. The van der Waals surface area contributed by atoms with Gasteiger partial charge in [-0.2, -0.15) is 0 Å². The monoisotopic (exact) mass is 301 g/mol. The van der Waals surface area contributed by atoms with Crippen molar-refractivity contribution in [1.29, 1.82) is 0 Å². The molecule has 0 unspecified atom stereocenters. The molecule has 0 bridgehead atoms. The average Bonchev–Trinajstić information content (AvgIpc) is 2.94. The number of carbonyl (C=O) groups excluding carboxylic acids is 1. The normalized spacial score (nSPS) is 15.8. The predicted octanol–water partition coefficient (Wildman–Crippen LogP) is 1.73. The topological polar surface area (TPSA) is 74.5 Å². The number of anilines is 1. The highest BCUT2D eigenvalue weighted by Gasteiger charge is 2.21. The molecule has 0 aliphatic carbocycles. The van der Waals surface area contributed by atoms with E-state index in [-0.39, 0.29) is 6.03 Å². The van der Waals surface area contributed by atoms with Gasteiger partial charge in [-0.15, -0.1) is 0 Å². The molecule has 2 aromatic rings. The molecular formula is C15H19N5O2. The molecule has 1 N–H and O–H groups in total. The molecule has 116 valence electrons. The van der Waals surface area contributed by atoms with E-state index in [1.54, 1.807) is 24.1 Å². The summed E-state index contributed by atoms with van der Waals surface area (Å²) in [5, 5.41) is 6.52. The minimum Gasteiger partial charge on any atom is -0.360 e. The molecule has 22 heavy (non-hydrogen) atoms. The van der Waals surface area contributed by atoms with Crippen LogP contribution in [-0.2, 0) is 6.54 Å². The Morgan fingerprint density at radius 1 is 1.36 bits per heavy atom. The second-order valence-electron chi connectivity index (χ2n) is 5.38. The van der Waals surface area contributed by atoms with E-state index in [0.29, 0.717) is 24.7 Å². The summed E-state index contributed by atoms with van der Waals surface area (Å²) in [7, 11) is 0. The van der Waals surface area contributed by atoms with Crippen molar-refractivity contribution in [3.05, 3.63) is 41.9 Å². The van der Waals surface area contributed by atoms with Crippen molar-refractivity contribution in [3.8, 4) is 0 Å². The number of rotatable bonds is 3. The number of hydrogen-bond donors (Lipinski definition) is 1. The van der Waals surface area contributed by atoms with Gasteiger partial charge in [0.15, 0.2) is 5.82 Å². The maximum atomic E-state index is 12.1. The van der Waals surface area contributed by atoms with Gasteiger partial charge in [0.1, 0.15) is 5.76 Å². The highest BCUT2D eigenvalue weighted by molar-refractivity contribution is 5.88. The molecule has 0 spiro atoms. The molecule has 0 aromatic carbocycles. The predicted molar refractivity (Wildman–Crippen MR) is 81.3 cm³/mol. The zero-order valence-corrected chi connectivity index (χ0v) is 12.5. The molecule has 7 nitrogen and oxygen atoms in total. The Labute approximate surface area is 128 Å². The summed E-state index contributed by atoms with van der Waals surface area (Å²) in [5.41, 5.74) is 1.19. The number of aromatic nitrogens is 2. The van der Waals surface area contributed by atoms with Gasteiger partial charge in [0.25, 0.3) is 0 Å². The quantitative estimate of drug-likeness (QED) is 0.934. The second kappa shape index (κ2) is 6.57. The van der Waals surface area contributed by atoms with Crippen molar-refractivity contribution in [2.75, 3.05) is 31.5 Å². The summed E-state index contributed by atoms with van der Waals surface area (Å²) >= 11 is 0. The number of piperazine rings is 1. The lowest BCUT2D eigenvalue weighted by Crippen LogP contribution is -2.49. The van der Waals surface area contributed by atoms with Crippen molar-refractivity contribution < 1.29 is 9.32 Å². The highest BCUT2D eigenvalue weighted by atomic mass is 16.5. The molecule has 0 saturated carbocycles. The van der Waals surface area contributed by atoms with Gasteiger partial charge in [-0.25, -0.2) is 4.79 Å². The highest BCUT2D eigenvalue weighted by Crippen LogP contribution is 2.11. The number of urea groups is 1. The van der Waals surface area contributed by atoms with Crippen molar-refractivity contribution in [2.45, 2.75) is 13.5 Å². The molecular weight excluding hydrogens is 282 g/mol. The fourth-order valence-electron chi connectivity index (χ4n) is 2.47. The number of hydrogen-bond acceptors (Lipinski definition) is 5. The van der Waals surface area contributed by atoms with Crippen LogP contribution in [0.4, 0.5) is 10.6 Å². The molecule has 3 rings (SSSR count). The minimum absolute atomic E-state index is 0.130. The Kier molecular flexibility index (Phi) is 4.34. The lowest BCUT2D eigenvalue weighted by atomic mass is 10.2. The summed E-state index contributed by atoms with van der Waals surface area (Å²) in [5.74, 6) is 1.14. The minimum atomic E-state index is -0.130. The van der Waals surface area contributed by atoms with Gasteiger partial charge in [-0.05, 0) is 18.6 Å². The van der Waals surface area contributed by atoms with Gasteiger partial charge >= 0.3 is 6.03 Å². The van der Waals surface area contributed by atoms with E-state index >= 15 is 0 Å². The first kappa shape index (κ1) is 14.5. The maximum absolute atomic E-state index is 12.1. The first-order valence-electron chi connectivity index (χ1n) is 7.31. The molecule has 1 saturated heterocycles. The second-order valence-corrected chi connectivity index (χ2v) is 5.38. The van der Waals surface area contributed by atoms with Crippen LogP contribution in [0, 0.1) is 6.92 Å². The van der Waals surface area contributed by atoms with Crippen LogP contribution < -0.4 is 5.32 Å². The average molecular weight is 301 g/mol. The Balaban J connectivity index is 1.48. The van der Waals surface area contributed by atoms with Gasteiger partial charge in [0.2, 0.25) is 0 Å². The number of pyridine rings is 1. The molecule has 2 amide bonds. The number of nitrogens with one attached hydrogen (secondary N) is 1. The molecule has 1 fully saturated rings. The van der Waals surface area contributed by atoms with Crippen molar-refractivity contribution in [3.63, 3.8) is 0 Å². The van der Waals surface area contributed by atoms with Crippen molar-refractivity contribution in [1.82, 2.24) is 19.9 Å². The van der Waals surface area contributed by atoms with Gasteiger partial charge in [-0.1, -0.05) is 11.2 Å². The van der Waals surface area contributed by atoms with E-state index in [2.05, 4.69) is 26.4 Å². The SMILES string of the molecule is Cc1cc(NC(=O)N2CCN(Cc3cccnc3)CC2)no1.